The van der Waals surface area contributed by atoms with Crippen LogP contribution in [0.4, 0.5) is 5.69 Å². The molecule has 4 heteroatoms. The maximum Gasteiger partial charge on any atom is 0.137 e. The van der Waals surface area contributed by atoms with Gasteiger partial charge in [-0.3, -0.25) is 0 Å². The van der Waals surface area contributed by atoms with E-state index in [1.807, 2.05) is 12.4 Å². The van der Waals surface area contributed by atoms with Gasteiger partial charge in [0.15, 0.2) is 0 Å². The lowest BCUT2D eigenvalue weighted by atomic mass is 9.93. The summed E-state index contributed by atoms with van der Waals surface area (Å²) in [5.41, 5.74) is 6.11. The van der Waals surface area contributed by atoms with Crippen LogP contribution < -0.4 is 10.6 Å². The molecule has 0 saturated carbocycles. The Morgan fingerprint density at radius 3 is 3.06 bits per heavy atom. The third-order valence-electron chi connectivity index (χ3n) is 3.61. The van der Waals surface area contributed by atoms with Crippen molar-refractivity contribution in [3.63, 3.8) is 0 Å². The molecule has 3 N–H and O–H groups in total. The van der Waals surface area contributed by atoms with Crippen LogP contribution in [0.3, 0.4) is 0 Å². The molecule has 0 aromatic carbocycles. The third-order valence-corrected chi connectivity index (χ3v) is 3.61. The largest absolute Gasteiger partial charge is 0.380 e. The number of hydrogen-bond donors (Lipinski definition) is 3. The highest BCUT2D eigenvalue weighted by molar-refractivity contribution is 6.01. The van der Waals surface area contributed by atoms with Gasteiger partial charge < -0.3 is 15.6 Å². The van der Waals surface area contributed by atoms with Crippen LogP contribution in [0.2, 0.25) is 0 Å². The van der Waals surface area contributed by atoms with Gasteiger partial charge in [0, 0.05) is 36.8 Å². The molecular weight excluding hydrogens is 224 g/mol. The van der Waals surface area contributed by atoms with Crippen molar-refractivity contribution in [1.29, 1.82) is 0 Å². The van der Waals surface area contributed by atoms with E-state index >= 15 is 0 Å². The van der Waals surface area contributed by atoms with Crippen molar-refractivity contribution in [2.45, 2.75) is 0 Å². The van der Waals surface area contributed by atoms with Gasteiger partial charge in [-0.1, -0.05) is 12.2 Å². The normalized spacial score (nSPS) is 18.2. The topological polar surface area (TPSA) is 52.7 Å². The summed E-state index contributed by atoms with van der Waals surface area (Å²) in [4.78, 5) is 7.61. The van der Waals surface area contributed by atoms with Crippen LogP contribution in [0.25, 0.3) is 16.6 Å². The van der Waals surface area contributed by atoms with Crippen molar-refractivity contribution in [3.05, 3.63) is 41.7 Å². The lowest BCUT2D eigenvalue weighted by Gasteiger charge is -2.20. The number of pyridine rings is 1. The smallest absolute Gasteiger partial charge is 0.137 e. The number of nitrogens with zero attached hydrogens (tertiary/aromatic N) is 1. The van der Waals surface area contributed by atoms with Gasteiger partial charge in [-0.2, -0.15) is 0 Å². The van der Waals surface area contributed by atoms with Gasteiger partial charge in [0.05, 0.1) is 11.9 Å². The standard InChI is InChI=1S/C14H14N4/c1-4-15-7-9(1)10-2-5-16-12-8-18-14-11(13(10)12)3-6-17-14/h1-3,6,8,15-16H,4-5,7H2,(H,17,18). The third kappa shape index (κ3) is 1.32. The van der Waals surface area contributed by atoms with E-state index in [0.717, 1.165) is 31.0 Å². The molecule has 2 aromatic rings. The summed E-state index contributed by atoms with van der Waals surface area (Å²) in [5.74, 6) is 0. The molecule has 2 aromatic heterocycles. The second-order valence-electron chi connectivity index (χ2n) is 4.65. The Hall–Kier alpha value is -2.07. The van der Waals surface area contributed by atoms with E-state index < -0.39 is 0 Å². The zero-order valence-electron chi connectivity index (χ0n) is 9.96. The lowest BCUT2D eigenvalue weighted by molar-refractivity contribution is 0.883. The Bertz CT molecular complexity index is 678. The Morgan fingerprint density at radius 2 is 2.17 bits per heavy atom. The first-order valence-electron chi connectivity index (χ1n) is 6.24. The van der Waals surface area contributed by atoms with E-state index in [4.69, 9.17) is 0 Å². The molecule has 4 nitrogen and oxygen atoms in total. The van der Waals surface area contributed by atoms with Crippen LogP contribution in [0.1, 0.15) is 5.56 Å². The number of anilines is 1. The number of rotatable bonds is 1. The minimum Gasteiger partial charge on any atom is -0.380 e. The predicted octanol–water partition coefficient (Wildman–Crippen LogP) is 1.90. The highest BCUT2D eigenvalue weighted by atomic mass is 14.9. The summed E-state index contributed by atoms with van der Waals surface area (Å²) in [6, 6.07) is 2.10. The molecule has 0 spiro atoms. The first kappa shape index (κ1) is 9.91. The number of hydrogen-bond acceptors (Lipinski definition) is 3. The molecule has 0 aliphatic carbocycles. The molecule has 0 bridgehead atoms. The minimum absolute atomic E-state index is 0.872. The van der Waals surface area contributed by atoms with E-state index in [2.05, 4.69) is 38.8 Å². The summed E-state index contributed by atoms with van der Waals surface area (Å²) < 4.78 is 0. The fourth-order valence-electron chi connectivity index (χ4n) is 2.77. The number of H-pyrrole nitrogens is 1. The van der Waals surface area contributed by atoms with E-state index in [1.165, 1.54) is 22.1 Å². The minimum atomic E-state index is 0.872. The fraction of sp³-hybridized carbons (Fsp3) is 0.214. The maximum absolute atomic E-state index is 4.44. The quantitative estimate of drug-likeness (QED) is 0.711. The average molecular weight is 238 g/mol. The molecule has 2 aliphatic rings. The molecule has 0 unspecified atom stereocenters. The monoisotopic (exact) mass is 238 g/mol. The average Bonchev–Trinajstić information content (AvgIpc) is 3.09. The maximum atomic E-state index is 4.44. The number of fused-ring (bicyclic) bond motifs is 3. The first-order chi connectivity index (χ1) is 8.93. The molecule has 0 atom stereocenters. The molecule has 0 radical (unpaired) electrons. The van der Waals surface area contributed by atoms with Crippen molar-refractivity contribution in [1.82, 2.24) is 15.3 Å². The lowest BCUT2D eigenvalue weighted by Crippen LogP contribution is -2.13. The molecule has 18 heavy (non-hydrogen) atoms. The number of nitrogens with one attached hydrogen (secondary N) is 3. The second-order valence-corrected chi connectivity index (χ2v) is 4.65. The summed E-state index contributed by atoms with van der Waals surface area (Å²) >= 11 is 0. The Kier molecular flexibility index (Phi) is 2.04. The van der Waals surface area contributed by atoms with Gasteiger partial charge in [0.2, 0.25) is 0 Å². The van der Waals surface area contributed by atoms with Crippen molar-refractivity contribution in [2.75, 3.05) is 25.0 Å². The summed E-state index contributed by atoms with van der Waals surface area (Å²) in [6.45, 7) is 2.80. The first-order valence-corrected chi connectivity index (χ1v) is 6.24. The zero-order valence-corrected chi connectivity index (χ0v) is 9.96. The zero-order chi connectivity index (χ0) is 11.9. The predicted molar refractivity (Wildman–Crippen MR) is 73.5 cm³/mol. The highest BCUT2D eigenvalue weighted by Gasteiger charge is 2.20. The second kappa shape index (κ2) is 3.71. The Balaban J connectivity index is 1.98. The molecule has 2 aliphatic heterocycles. The summed E-state index contributed by atoms with van der Waals surface area (Å²) in [5, 5.41) is 7.96. The SMILES string of the molecule is C1=C(C2=CCNc3cnc4[nH]ccc4c32)CNC1. The van der Waals surface area contributed by atoms with Crippen LogP contribution in [0.5, 0.6) is 0 Å². The van der Waals surface area contributed by atoms with Gasteiger partial charge in [-0.05, 0) is 17.2 Å². The highest BCUT2D eigenvalue weighted by Crippen LogP contribution is 2.37. The van der Waals surface area contributed by atoms with E-state index in [9.17, 15) is 0 Å². The van der Waals surface area contributed by atoms with Crippen molar-refractivity contribution in [3.8, 4) is 0 Å². The molecule has 0 amide bonds. The van der Waals surface area contributed by atoms with Crippen molar-refractivity contribution >= 4 is 22.3 Å². The number of aromatic nitrogens is 2. The van der Waals surface area contributed by atoms with E-state index in [1.54, 1.807) is 0 Å². The molecule has 4 heterocycles. The Labute approximate surface area is 105 Å². The molecule has 4 rings (SSSR count). The van der Waals surface area contributed by atoms with E-state index in [0.29, 0.717) is 0 Å². The van der Waals surface area contributed by atoms with Crippen LogP contribution in [-0.4, -0.2) is 29.6 Å². The molecular formula is C14H14N4. The molecule has 90 valence electrons. The Morgan fingerprint density at radius 1 is 1.17 bits per heavy atom. The van der Waals surface area contributed by atoms with Gasteiger partial charge in [0.25, 0.3) is 0 Å². The van der Waals surface area contributed by atoms with Crippen LogP contribution in [0.15, 0.2) is 36.2 Å². The van der Waals surface area contributed by atoms with Crippen LogP contribution in [0, 0.1) is 0 Å². The van der Waals surface area contributed by atoms with Crippen LogP contribution >= 0.6 is 0 Å². The fourth-order valence-corrected chi connectivity index (χ4v) is 2.77. The molecule has 0 saturated heterocycles. The summed E-state index contributed by atoms with van der Waals surface area (Å²) in [6.07, 6.45) is 8.42. The van der Waals surface area contributed by atoms with Crippen molar-refractivity contribution < 1.29 is 0 Å². The van der Waals surface area contributed by atoms with Gasteiger partial charge in [-0.15, -0.1) is 0 Å². The number of aromatic amines is 1. The van der Waals surface area contributed by atoms with Gasteiger partial charge in [-0.25, -0.2) is 4.98 Å². The van der Waals surface area contributed by atoms with Crippen molar-refractivity contribution in [2.24, 2.45) is 0 Å². The molecule has 0 fully saturated rings. The van der Waals surface area contributed by atoms with E-state index in [-0.39, 0.29) is 0 Å². The van der Waals surface area contributed by atoms with Crippen LogP contribution in [-0.2, 0) is 0 Å². The summed E-state index contributed by atoms with van der Waals surface area (Å²) in [7, 11) is 0. The van der Waals surface area contributed by atoms with Gasteiger partial charge in [0.1, 0.15) is 5.65 Å². The van der Waals surface area contributed by atoms with Gasteiger partial charge >= 0.3 is 0 Å².